The van der Waals surface area contributed by atoms with Gasteiger partial charge >= 0.3 is 0 Å². The van der Waals surface area contributed by atoms with Crippen LogP contribution in [-0.4, -0.2) is 18.7 Å². The van der Waals surface area contributed by atoms with Crippen molar-refractivity contribution in [1.29, 1.82) is 0 Å². The monoisotopic (exact) mass is 142 g/mol. The van der Waals surface area contributed by atoms with Crippen LogP contribution in [0.1, 0.15) is 20.3 Å². The van der Waals surface area contributed by atoms with Crippen LogP contribution in [0, 0.1) is 5.92 Å². The van der Waals surface area contributed by atoms with E-state index in [0.29, 0.717) is 24.6 Å². The smallest absolute Gasteiger partial charge is 0.282 e. The molecule has 1 rings (SSSR count). The second-order valence-electron chi connectivity index (χ2n) is 3.06. The van der Waals surface area contributed by atoms with E-state index in [4.69, 9.17) is 10.5 Å². The van der Waals surface area contributed by atoms with Crippen LogP contribution in [0.5, 0.6) is 0 Å². The van der Waals surface area contributed by atoms with Crippen LogP contribution in [0.2, 0.25) is 0 Å². The first-order chi connectivity index (χ1) is 4.68. The SMILES string of the molecule is CC(C)C[C@@H]1COC(N)=N1. The van der Waals surface area contributed by atoms with Gasteiger partial charge in [-0.3, -0.25) is 0 Å². The molecule has 0 saturated carbocycles. The number of nitrogens with zero attached hydrogens (tertiary/aromatic N) is 1. The van der Waals surface area contributed by atoms with Gasteiger partial charge in [0.25, 0.3) is 6.02 Å². The van der Waals surface area contributed by atoms with Crippen LogP contribution < -0.4 is 5.73 Å². The molecule has 0 saturated heterocycles. The number of rotatable bonds is 2. The first-order valence-electron chi connectivity index (χ1n) is 3.64. The van der Waals surface area contributed by atoms with E-state index in [9.17, 15) is 0 Å². The average molecular weight is 142 g/mol. The van der Waals surface area contributed by atoms with Crippen LogP contribution in [0.15, 0.2) is 4.99 Å². The van der Waals surface area contributed by atoms with Gasteiger partial charge in [-0.05, 0) is 12.3 Å². The zero-order chi connectivity index (χ0) is 7.56. The number of ether oxygens (including phenoxy) is 1. The first kappa shape index (κ1) is 7.38. The molecule has 58 valence electrons. The molecule has 10 heavy (non-hydrogen) atoms. The lowest BCUT2D eigenvalue weighted by Crippen LogP contribution is -2.10. The molecule has 0 fully saturated rings. The van der Waals surface area contributed by atoms with Gasteiger partial charge in [0.15, 0.2) is 0 Å². The molecule has 2 N–H and O–H groups in total. The third-order valence-corrected chi connectivity index (χ3v) is 1.48. The molecule has 0 spiro atoms. The highest BCUT2D eigenvalue weighted by Crippen LogP contribution is 2.12. The van der Waals surface area contributed by atoms with Gasteiger partial charge in [-0.1, -0.05) is 13.8 Å². The number of nitrogens with two attached hydrogens (primary N) is 1. The van der Waals surface area contributed by atoms with Gasteiger partial charge in [0, 0.05) is 0 Å². The summed E-state index contributed by atoms with van der Waals surface area (Å²) in [5, 5.41) is 0. The summed E-state index contributed by atoms with van der Waals surface area (Å²) in [7, 11) is 0. The van der Waals surface area contributed by atoms with Crippen molar-refractivity contribution in [3.05, 3.63) is 0 Å². The third kappa shape index (κ3) is 1.90. The number of hydrogen-bond acceptors (Lipinski definition) is 3. The number of aliphatic imine (C=N–C) groups is 1. The maximum atomic E-state index is 5.33. The Balaban J connectivity index is 2.31. The molecule has 1 aliphatic heterocycles. The molecule has 3 heteroatoms. The lowest BCUT2D eigenvalue weighted by molar-refractivity contribution is 0.297. The van der Waals surface area contributed by atoms with Gasteiger partial charge in [0.1, 0.15) is 6.61 Å². The van der Waals surface area contributed by atoms with Crippen molar-refractivity contribution in [2.75, 3.05) is 6.61 Å². The molecule has 0 radical (unpaired) electrons. The van der Waals surface area contributed by atoms with Crippen LogP contribution >= 0.6 is 0 Å². The largest absolute Gasteiger partial charge is 0.463 e. The lowest BCUT2D eigenvalue weighted by Gasteiger charge is -2.06. The Labute approximate surface area is 61.3 Å². The van der Waals surface area contributed by atoms with Gasteiger partial charge in [0.2, 0.25) is 0 Å². The Morgan fingerprint density at radius 2 is 2.50 bits per heavy atom. The lowest BCUT2D eigenvalue weighted by atomic mass is 10.1. The van der Waals surface area contributed by atoms with E-state index in [1.807, 2.05) is 0 Å². The summed E-state index contributed by atoms with van der Waals surface area (Å²) in [6.07, 6.45) is 1.07. The van der Waals surface area contributed by atoms with E-state index >= 15 is 0 Å². The van der Waals surface area contributed by atoms with Crippen molar-refractivity contribution in [3.63, 3.8) is 0 Å². The molecular weight excluding hydrogens is 128 g/mol. The summed E-state index contributed by atoms with van der Waals surface area (Å²) in [6, 6.07) is 0.658. The summed E-state index contributed by atoms with van der Waals surface area (Å²) in [4.78, 5) is 4.10. The predicted molar refractivity (Wildman–Crippen MR) is 40.8 cm³/mol. The first-order valence-corrected chi connectivity index (χ1v) is 3.64. The number of amidine groups is 1. The molecule has 1 atom stereocenters. The molecule has 0 amide bonds. The van der Waals surface area contributed by atoms with E-state index < -0.39 is 0 Å². The van der Waals surface area contributed by atoms with Gasteiger partial charge in [-0.15, -0.1) is 0 Å². The third-order valence-electron chi connectivity index (χ3n) is 1.48. The predicted octanol–water partition coefficient (Wildman–Crippen LogP) is 0.746. The molecule has 0 aromatic carbocycles. The van der Waals surface area contributed by atoms with E-state index in [0.717, 1.165) is 6.42 Å². The molecule has 1 heterocycles. The topological polar surface area (TPSA) is 47.6 Å². The molecule has 1 aliphatic rings. The summed E-state index contributed by atoms with van der Waals surface area (Å²) in [5.74, 6) is 0.670. The van der Waals surface area contributed by atoms with Crippen molar-refractivity contribution >= 4 is 6.02 Å². The summed E-state index contributed by atoms with van der Waals surface area (Å²) in [6.45, 7) is 5.01. The van der Waals surface area contributed by atoms with E-state index in [1.54, 1.807) is 0 Å². The van der Waals surface area contributed by atoms with Crippen molar-refractivity contribution in [1.82, 2.24) is 0 Å². The highest BCUT2D eigenvalue weighted by atomic mass is 16.5. The van der Waals surface area contributed by atoms with Crippen LogP contribution in [0.3, 0.4) is 0 Å². The van der Waals surface area contributed by atoms with Gasteiger partial charge < -0.3 is 10.5 Å². The molecule has 0 aliphatic carbocycles. The van der Waals surface area contributed by atoms with Crippen molar-refractivity contribution < 1.29 is 4.74 Å². The van der Waals surface area contributed by atoms with Gasteiger partial charge in [0.05, 0.1) is 6.04 Å². The molecular formula is C7H14N2O. The minimum atomic E-state index is 0.306. The minimum Gasteiger partial charge on any atom is -0.463 e. The quantitative estimate of drug-likeness (QED) is 0.618. The number of hydrogen-bond donors (Lipinski definition) is 1. The second-order valence-corrected chi connectivity index (χ2v) is 3.06. The van der Waals surface area contributed by atoms with E-state index in [-0.39, 0.29) is 0 Å². The van der Waals surface area contributed by atoms with Crippen molar-refractivity contribution in [2.24, 2.45) is 16.6 Å². The Kier molecular flexibility index (Phi) is 2.14. The maximum absolute atomic E-state index is 5.33. The van der Waals surface area contributed by atoms with Gasteiger partial charge in [-0.2, -0.15) is 0 Å². The standard InChI is InChI=1S/C7H14N2O/c1-5(2)3-6-4-10-7(8)9-6/h5-6H,3-4H2,1-2H3,(H2,8,9)/t6-/m1/s1. The van der Waals surface area contributed by atoms with Crippen molar-refractivity contribution in [3.8, 4) is 0 Å². The Bertz CT molecular complexity index is 143. The van der Waals surface area contributed by atoms with Crippen molar-refractivity contribution in [2.45, 2.75) is 26.3 Å². The fraction of sp³-hybridized carbons (Fsp3) is 0.857. The minimum absolute atomic E-state index is 0.306. The second kappa shape index (κ2) is 2.90. The molecule has 0 aromatic heterocycles. The van der Waals surface area contributed by atoms with Crippen LogP contribution in [0.25, 0.3) is 0 Å². The fourth-order valence-corrected chi connectivity index (χ4v) is 1.10. The fourth-order valence-electron chi connectivity index (χ4n) is 1.10. The normalized spacial score (nSPS) is 24.7. The zero-order valence-corrected chi connectivity index (χ0v) is 6.50. The Hall–Kier alpha value is -0.730. The Morgan fingerprint density at radius 3 is 2.90 bits per heavy atom. The maximum Gasteiger partial charge on any atom is 0.282 e. The van der Waals surface area contributed by atoms with E-state index in [2.05, 4.69) is 18.8 Å². The van der Waals surface area contributed by atoms with E-state index in [1.165, 1.54) is 0 Å². The summed E-state index contributed by atoms with van der Waals surface area (Å²) < 4.78 is 4.99. The Morgan fingerprint density at radius 1 is 1.80 bits per heavy atom. The summed E-state index contributed by atoms with van der Waals surface area (Å²) >= 11 is 0. The molecule has 0 bridgehead atoms. The molecule has 0 unspecified atom stereocenters. The molecule has 3 nitrogen and oxygen atoms in total. The zero-order valence-electron chi connectivity index (χ0n) is 6.50. The van der Waals surface area contributed by atoms with Gasteiger partial charge in [-0.25, -0.2) is 4.99 Å². The molecule has 0 aromatic rings. The van der Waals surface area contributed by atoms with Crippen LogP contribution in [0.4, 0.5) is 0 Å². The summed E-state index contributed by atoms with van der Waals surface area (Å²) in [5.41, 5.74) is 5.33. The van der Waals surface area contributed by atoms with Crippen LogP contribution in [-0.2, 0) is 4.74 Å². The highest BCUT2D eigenvalue weighted by molar-refractivity contribution is 5.72. The average Bonchev–Trinajstić information content (AvgIpc) is 2.13. The highest BCUT2D eigenvalue weighted by Gasteiger charge is 2.16.